The van der Waals surface area contributed by atoms with E-state index >= 15 is 0 Å². The lowest BCUT2D eigenvalue weighted by Gasteiger charge is -2.14. The van der Waals surface area contributed by atoms with Crippen molar-refractivity contribution in [2.75, 3.05) is 20.8 Å². The van der Waals surface area contributed by atoms with Crippen molar-refractivity contribution in [3.63, 3.8) is 0 Å². The van der Waals surface area contributed by atoms with Gasteiger partial charge in [-0.25, -0.2) is 9.37 Å². The van der Waals surface area contributed by atoms with Crippen LogP contribution in [0, 0.1) is 11.7 Å². The second-order valence-corrected chi connectivity index (χ2v) is 5.08. The summed E-state index contributed by atoms with van der Waals surface area (Å²) in [5, 5.41) is 0. The summed E-state index contributed by atoms with van der Waals surface area (Å²) in [5.41, 5.74) is 1.41. The maximum Gasteiger partial charge on any atom is 0.167 e. The zero-order valence-electron chi connectivity index (χ0n) is 11.8. The molecule has 0 amide bonds. The van der Waals surface area contributed by atoms with Gasteiger partial charge in [0.2, 0.25) is 0 Å². The van der Waals surface area contributed by atoms with Gasteiger partial charge in [0.15, 0.2) is 11.6 Å². The molecule has 2 aromatic rings. The second kappa shape index (κ2) is 6.41. The zero-order valence-corrected chi connectivity index (χ0v) is 12.6. The number of ether oxygens (including phenoxy) is 2. The third kappa shape index (κ3) is 2.88. The molecule has 2 rings (SSSR count). The summed E-state index contributed by atoms with van der Waals surface area (Å²) < 4.78 is 25.9. The monoisotopic (exact) mass is 300 g/mol. The topological polar surface area (TPSA) is 36.3 Å². The molecule has 0 radical (unpaired) electrons. The Morgan fingerprint density at radius 2 is 2.15 bits per heavy atom. The number of nitrogens with zero attached hydrogens (tertiary/aromatic N) is 2. The lowest BCUT2D eigenvalue weighted by Crippen LogP contribution is -2.14. The van der Waals surface area contributed by atoms with Gasteiger partial charge < -0.3 is 14.0 Å². The fourth-order valence-electron chi connectivity index (χ4n) is 2.29. The Hall–Kier alpha value is -1.33. The van der Waals surface area contributed by atoms with Crippen LogP contribution in [0.25, 0.3) is 11.0 Å². The molecule has 0 saturated heterocycles. The first-order valence-corrected chi connectivity index (χ1v) is 6.91. The average molecular weight is 301 g/mol. The van der Waals surface area contributed by atoms with E-state index in [-0.39, 0.29) is 11.6 Å². The number of hydrogen-bond acceptors (Lipinski definition) is 3. The highest BCUT2D eigenvalue weighted by atomic mass is 35.5. The molecule has 4 nitrogen and oxygen atoms in total. The van der Waals surface area contributed by atoms with Crippen LogP contribution in [0.15, 0.2) is 12.1 Å². The van der Waals surface area contributed by atoms with Crippen molar-refractivity contribution in [3.8, 4) is 5.75 Å². The Labute approximate surface area is 122 Å². The molecule has 0 bridgehead atoms. The molecular formula is C14H18ClFN2O2. The highest BCUT2D eigenvalue weighted by Crippen LogP contribution is 2.26. The zero-order chi connectivity index (χ0) is 14.7. The Balaban J connectivity index is 2.49. The van der Waals surface area contributed by atoms with E-state index in [2.05, 4.69) is 11.9 Å². The third-order valence-corrected chi connectivity index (χ3v) is 3.40. The normalized spacial score (nSPS) is 12.8. The van der Waals surface area contributed by atoms with Crippen LogP contribution >= 0.6 is 11.6 Å². The van der Waals surface area contributed by atoms with Crippen molar-refractivity contribution in [1.29, 1.82) is 0 Å². The van der Waals surface area contributed by atoms with Gasteiger partial charge in [-0.2, -0.15) is 0 Å². The molecule has 0 N–H and O–H groups in total. The molecule has 0 aliphatic carbocycles. The lowest BCUT2D eigenvalue weighted by atomic mass is 10.2. The number of rotatable bonds is 6. The molecule has 1 heterocycles. The summed E-state index contributed by atoms with van der Waals surface area (Å²) >= 11 is 5.94. The largest absolute Gasteiger partial charge is 0.494 e. The number of alkyl halides is 1. The standard InChI is InChI=1S/C14H18ClFN2O2/c1-9(8-19-2)7-18-12-5-13(20-3)10(16)4-11(12)17-14(18)6-15/h4-5,9H,6-8H2,1-3H3. The quantitative estimate of drug-likeness (QED) is 0.769. The molecular weight excluding hydrogens is 283 g/mol. The molecule has 0 saturated carbocycles. The van der Waals surface area contributed by atoms with Crippen LogP contribution in [0.4, 0.5) is 4.39 Å². The molecule has 0 aliphatic heterocycles. The van der Waals surface area contributed by atoms with E-state index < -0.39 is 5.82 Å². The van der Waals surface area contributed by atoms with E-state index in [1.165, 1.54) is 13.2 Å². The molecule has 1 aromatic heterocycles. The van der Waals surface area contributed by atoms with Crippen LogP contribution in [0.3, 0.4) is 0 Å². The summed E-state index contributed by atoms with van der Waals surface area (Å²) in [6.07, 6.45) is 0. The van der Waals surface area contributed by atoms with E-state index in [1.807, 2.05) is 4.57 Å². The van der Waals surface area contributed by atoms with Crippen molar-refractivity contribution in [2.24, 2.45) is 5.92 Å². The van der Waals surface area contributed by atoms with Crippen molar-refractivity contribution in [2.45, 2.75) is 19.3 Å². The summed E-state index contributed by atoms with van der Waals surface area (Å²) in [6.45, 7) is 3.43. The summed E-state index contributed by atoms with van der Waals surface area (Å²) in [7, 11) is 3.12. The first-order chi connectivity index (χ1) is 9.60. The van der Waals surface area contributed by atoms with Crippen molar-refractivity contribution < 1.29 is 13.9 Å². The van der Waals surface area contributed by atoms with Gasteiger partial charge in [0.1, 0.15) is 5.82 Å². The number of methoxy groups -OCH3 is 2. The first kappa shape index (κ1) is 15.1. The van der Waals surface area contributed by atoms with Crippen molar-refractivity contribution in [3.05, 3.63) is 23.8 Å². The minimum Gasteiger partial charge on any atom is -0.494 e. The van der Waals surface area contributed by atoms with Gasteiger partial charge in [0, 0.05) is 25.8 Å². The van der Waals surface area contributed by atoms with Gasteiger partial charge in [0.05, 0.1) is 30.6 Å². The molecule has 0 aliphatic rings. The van der Waals surface area contributed by atoms with Crippen LogP contribution in [0.1, 0.15) is 12.7 Å². The van der Waals surface area contributed by atoms with E-state index in [4.69, 9.17) is 21.1 Å². The van der Waals surface area contributed by atoms with E-state index in [0.29, 0.717) is 24.6 Å². The fraction of sp³-hybridized carbons (Fsp3) is 0.500. The molecule has 110 valence electrons. The van der Waals surface area contributed by atoms with Gasteiger partial charge in [-0.05, 0) is 5.92 Å². The fourth-order valence-corrected chi connectivity index (χ4v) is 2.49. The molecule has 0 fully saturated rings. The second-order valence-electron chi connectivity index (χ2n) is 4.81. The Bertz CT molecular complexity index is 600. The highest BCUT2D eigenvalue weighted by Gasteiger charge is 2.16. The number of fused-ring (bicyclic) bond motifs is 1. The van der Waals surface area contributed by atoms with Crippen molar-refractivity contribution in [1.82, 2.24) is 9.55 Å². The maximum absolute atomic E-state index is 13.7. The SMILES string of the molecule is COCC(C)Cn1c(CCl)nc2cc(F)c(OC)cc21. The third-order valence-electron chi connectivity index (χ3n) is 3.17. The smallest absolute Gasteiger partial charge is 0.167 e. The minimum atomic E-state index is -0.421. The van der Waals surface area contributed by atoms with Crippen LogP contribution in [-0.2, 0) is 17.2 Å². The van der Waals surface area contributed by atoms with Crippen LogP contribution in [0.2, 0.25) is 0 Å². The lowest BCUT2D eigenvalue weighted by molar-refractivity contribution is 0.151. The number of imidazole rings is 1. The number of aromatic nitrogens is 2. The predicted molar refractivity (Wildman–Crippen MR) is 76.8 cm³/mol. The average Bonchev–Trinajstić information content (AvgIpc) is 2.75. The molecule has 1 aromatic carbocycles. The summed E-state index contributed by atoms with van der Waals surface area (Å²) in [4.78, 5) is 4.38. The van der Waals surface area contributed by atoms with Gasteiger partial charge in [-0.3, -0.25) is 0 Å². The maximum atomic E-state index is 13.7. The summed E-state index contributed by atoms with van der Waals surface area (Å²) in [6, 6.07) is 3.04. The van der Waals surface area contributed by atoms with Gasteiger partial charge in [0.25, 0.3) is 0 Å². The number of hydrogen-bond donors (Lipinski definition) is 0. The van der Waals surface area contributed by atoms with Gasteiger partial charge in [-0.15, -0.1) is 11.6 Å². The van der Waals surface area contributed by atoms with Crippen LogP contribution in [0.5, 0.6) is 5.75 Å². The molecule has 20 heavy (non-hydrogen) atoms. The minimum absolute atomic E-state index is 0.208. The Kier molecular flexibility index (Phi) is 4.83. The number of benzene rings is 1. The van der Waals surface area contributed by atoms with E-state index in [0.717, 1.165) is 11.3 Å². The van der Waals surface area contributed by atoms with E-state index in [9.17, 15) is 4.39 Å². The van der Waals surface area contributed by atoms with Crippen LogP contribution in [-0.4, -0.2) is 30.4 Å². The van der Waals surface area contributed by atoms with Gasteiger partial charge in [-0.1, -0.05) is 6.92 Å². The Morgan fingerprint density at radius 3 is 2.75 bits per heavy atom. The van der Waals surface area contributed by atoms with E-state index in [1.54, 1.807) is 13.2 Å². The molecule has 1 atom stereocenters. The Morgan fingerprint density at radius 1 is 1.40 bits per heavy atom. The molecule has 0 spiro atoms. The van der Waals surface area contributed by atoms with Crippen molar-refractivity contribution >= 4 is 22.6 Å². The highest BCUT2D eigenvalue weighted by molar-refractivity contribution is 6.16. The molecule has 1 unspecified atom stereocenters. The van der Waals surface area contributed by atoms with Gasteiger partial charge >= 0.3 is 0 Å². The first-order valence-electron chi connectivity index (χ1n) is 6.38. The molecule has 6 heteroatoms. The van der Waals surface area contributed by atoms with Crippen LogP contribution < -0.4 is 4.74 Å². The predicted octanol–water partition coefficient (Wildman–Crippen LogP) is 3.21. The number of halogens is 2. The summed E-state index contributed by atoms with van der Waals surface area (Å²) in [5.74, 6) is 1.08.